The topological polar surface area (TPSA) is 81.2 Å². The summed E-state index contributed by atoms with van der Waals surface area (Å²) in [6.45, 7) is 10.1. The first-order valence-corrected chi connectivity index (χ1v) is 16.8. The average molecular weight is 623 g/mol. The first-order chi connectivity index (χ1) is 21.7. The number of rotatable bonds is 8. The number of hydrogen-bond acceptors (Lipinski definition) is 5. The van der Waals surface area contributed by atoms with Crippen molar-refractivity contribution in [2.45, 2.75) is 31.7 Å². The molecule has 0 bridgehead atoms. The summed E-state index contributed by atoms with van der Waals surface area (Å²) in [4.78, 5) is 33.6. The smallest absolute Gasteiger partial charge is 0.334 e. The van der Waals surface area contributed by atoms with Crippen molar-refractivity contribution >= 4 is 38.4 Å². The number of urea groups is 1. The van der Waals surface area contributed by atoms with Crippen molar-refractivity contribution in [1.82, 2.24) is 14.1 Å². The Morgan fingerprint density at radius 1 is 0.911 bits per heavy atom. The molecule has 2 fully saturated rings. The molecule has 9 heteroatoms. The number of anilines is 1. The molecule has 3 amide bonds. The molecule has 0 N–H and O–H groups in total. The summed E-state index contributed by atoms with van der Waals surface area (Å²) in [5, 5.41) is 0.500. The minimum absolute atomic E-state index is 0.123. The molecule has 232 valence electrons. The maximum absolute atomic E-state index is 14.3. The summed E-state index contributed by atoms with van der Waals surface area (Å²) < 4.78 is 29.5. The lowest BCUT2D eigenvalue weighted by Gasteiger charge is -2.38. The predicted molar refractivity (Wildman–Crippen MR) is 178 cm³/mol. The molecule has 2 saturated heterocycles. The highest BCUT2D eigenvalue weighted by Gasteiger charge is 2.49. The summed E-state index contributed by atoms with van der Waals surface area (Å²) in [7, 11) is -4.28. The Balaban J connectivity index is 1.28. The number of hydrogen-bond donors (Lipinski definition) is 0. The van der Waals surface area contributed by atoms with E-state index in [9.17, 15) is 18.0 Å². The van der Waals surface area contributed by atoms with Crippen LogP contribution < -0.4 is 4.90 Å². The Kier molecular flexibility index (Phi) is 8.38. The molecule has 2 heterocycles. The fourth-order valence-corrected chi connectivity index (χ4v) is 8.19. The van der Waals surface area contributed by atoms with Gasteiger partial charge in [-0.2, -0.15) is 0 Å². The monoisotopic (exact) mass is 622 g/mol. The number of piperazine rings is 1. The van der Waals surface area contributed by atoms with Gasteiger partial charge in [-0.25, -0.2) is 17.5 Å². The van der Waals surface area contributed by atoms with Crippen molar-refractivity contribution in [3.8, 4) is 0 Å². The van der Waals surface area contributed by atoms with E-state index in [2.05, 4.69) is 43.5 Å². The van der Waals surface area contributed by atoms with E-state index in [1.165, 1.54) is 22.1 Å². The number of nitrogens with zero attached hydrogens (tertiary/aromatic N) is 4. The zero-order chi connectivity index (χ0) is 31.7. The van der Waals surface area contributed by atoms with Crippen LogP contribution >= 0.6 is 0 Å². The van der Waals surface area contributed by atoms with E-state index in [0.717, 1.165) is 26.3 Å². The molecule has 4 aromatic rings. The maximum atomic E-state index is 14.3. The van der Waals surface area contributed by atoms with Gasteiger partial charge in [-0.05, 0) is 52.9 Å². The van der Waals surface area contributed by atoms with Crippen molar-refractivity contribution < 1.29 is 18.0 Å². The summed E-state index contributed by atoms with van der Waals surface area (Å²) >= 11 is 0. The van der Waals surface area contributed by atoms with Crippen LogP contribution in [0.25, 0.3) is 10.8 Å². The van der Waals surface area contributed by atoms with Gasteiger partial charge in [-0.3, -0.25) is 4.79 Å². The van der Waals surface area contributed by atoms with Gasteiger partial charge >= 0.3 is 6.03 Å². The van der Waals surface area contributed by atoms with Crippen LogP contribution in [0.5, 0.6) is 0 Å². The lowest BCUT2D eigenvalue weighted by molar-refractivity contribution is -0.135. The van der Waals surface area contributed by atoms with Gasteiger partial charge in [0.25, 0.3) is 0 Å². The summed E-state index contributed by atoms with van der Waals surface area (Å²) in [5.41, 5.74) is 4.88. The second kappa shape index (κ2) is 12.4. The Morgan fingerprint density at radius 3 is 2.33 bits per heavy atom. The van der Waals surface area contributed by atoms with E-state index in [1.54, 1.807) is 17.0 Å². The Labute approximate surface area is 265 Å². The molecule has 2 aliphatic heterocycles. The van der Waals surface area contributed by atoms with Crippen LogP contribution in [0.4, 0.5) is 10.5 Å². The molecular formula is C36H38N4O4S. The molecule has 0 spiro atoms. The molecule has 4 aromatic carbocycles. The van der Waals surface area contributed by atoms with Gasteiger partial charge in [0.15, 0.2) is 0 Å². The van der Waals surface area contributed by atoms with Crippen LogP contribution in [0.1, 0.15) is 27.5 Å². The van der Waals surface area contributed by atoms with Crippen molar-refractivity contribution in [3.63, 3.8) is 0 Å². The van der Waals surface area contributed by atoms with Crippen LogP contribution in [0.2, 0.25) is 0 Å². The minimum Gasteiger partial charge on any atom is -0.368 e. The number of fused-ring (bicyclic) bond motifs is 1. The number of carbonyl (C=O) groups excluding carboxylic acids is 2. The minimum atomic E-state index is -4.28. The van der Waals surface area contributed by atoms with Crippen LogP contribution in [0, 0.1) is 13.8 Å². The van der Waals surface area contributed by atoms with Gasteiger partial charge in [-0.15, -0.1) is 6.58 Å². The molecule has 8 nitrogen and oxygen atoms in total. The summed E-state index contributed by atoms with van der Waals surface area (Å²) in [6.07, 6.45) is 1.37. The molecule has 0 aliphatic carbocycles. The van der Waals surface area contributed by atoms with Gasteiger partial charge in [0.2, 0.25) is 15.9 Å². The normalized spacial score (nSPS) is 18.0. The zero-order valence-corrected chi connectivity index (χ0v) is 26.5. The second-order valence-corrected chi connectivity index (χ2v) is 13.8. The Hall–Kier alpha value is -4.63. The average Bonchev–Trinajstić information content (AvgIpc) is 3.39. The third-order valence-corrected chi connectivity index (χ3v) is 10.9. The standard InChI is InChI=1S/C36H38N4O4S/c1-4-34(31-16-10-14-29-13-8-9-15-30(29)31)45(43,44)40-25-33(39(36(40)42)24-28-11-6-5-7-12-28)35(41)38-21-19-37(20-22-38)32-23-26(2)17-18-27(32)3/h4-18,23,33-34H,1,19-22,24-25H2,2-3H3. The largest absolute Gasteiger partial charge is 0.368 e. The van der Waals surface area contributed by atoms with E-state index >= 15 is 0 Å². The lowest BCUT2D eigenvalue weighted by Crippen LogP contribution is -2.54. The Morgan fingerprint density at radius 2 is 1.60 bits per heavy atom. The van der Waals surface area contributed by atoms with Gasteiger partial charge in [0, 0.05) is 38.4 Å². The SMILES string of the molecule is C=CC(c1cccc2ccccc12)S(=O)(=O)N1CC(C(=O)N2CCN(c3cc(C)ccc3C)CC2)N(Cc2ccccc2)C1=O. The molecule has 0 aromatic heterocycles. The summed E-state index contributed by atoms with van der Waals surface area (Å²) in [6, 6.07) is 27.1. The van der Waals surface area contributed by atoms with E-state index in [-0.39, 0.29) is 19.0 Å². The highest BCUT2D eigenvalue weighted by molar-refractivity contribution is 7.90. The van der Waals surface area contributed by atoms with Crippen LogP contribution in [0.15, 0.2) is 104 Å². The van der Waals surface area contributed by atoms with E-state index < -0.39 is 27.3 Å². The predicted octanol–water partition coefficient (Wildman–Crippen LogP) is 5.67. The Bertz CT molecular complexity index is 1850. The first kappa shape index (κ1) is 30.4. The van der Waals surface area contributed by atoms with Crippen molar-refractivity contribution in [2.24, 2.45) is 0 Å². The van der Waals surface area contributed by atoms with Crippen LogP contribution in [-0.4, -0.2) is 73.2 Å². The molecular weight excluding hydrogens is 584 g/mol. The molecule has 2 atom stereocenters. The molecule has 6 rings (SSSR count). The van der Waals surface area contributed by atoms with Crippen molar-refractivity contribution in [1.29, 1.82) is 0 Å². The lowest BCUT2D eigenvalue weighted by atomic mass is 10.0. The van der Waals surface area contributed by atoms with Gasteiger partial charge in [0.1, 0.15) is 11.3 Å². The van der Waals surface area contributed by atoms with Crippen molar-refractivity contribution in [3.05, 3.63) is 126 Å². The first-order valence-electron chi connectivity index (χ1n) is 15.3. The van der Waals surface area contributed by atoms with E-state index in [4.69, 9.17) is 0 Å². The fourth-order valence-electron chi connectivity index (χ4n) is 6.48. The van der Waals surface area contributed by atoms with Crippen LogP contribution in [0.3, 0.4) is 0 Å². The third kappa shape index (κ3) is 5.80. The van der Waals surface area contributed by atoms with Gasteiger partial charge in [-0.1, -0.05) is 91.0 Å². The summed E-state index contributed by atoms with van der Waals surface area (Å²) in [5.74, 6) is -0.238. The zero-order valence-electron chi connectivity index (χ0n) is 25.7. The number of aryl methyl sites for hydroxylation is 2. The highest BCUT2D eigenvalue weighted by atomic mass is 32.2. The number of sulfonamides is 1. The number of benzene rings is 4. The van der Waals surface area contributed by atoms with Crippen molar-refractivity contribution in [2.75, 3.05) is 37.6 Å². The van der Waals surface area contributed by atoms with E-state index in [1.807, 2.05) is 60.7 Å². The molecule has 0 saturated carbocycles. The molecule has 2 unspecified atom stereocenters. The van der Waals surface area contributed by atoms with E-state index in [0.29, 0.717) is 31.7 Å². The van der Waals surface area contributed by atoms with Crippen LogP contribution in [-0.2, 0) is 21.4 Å². The second-order valence-electron chi connectivity index (χ2n) is 11.8. The van der Waals surface area contributed by atoms with Gasteiger partial charge < -0.3 is 14.7 Å². The third-order valence-electron chi connectivity index (χ3n) is 8.92. The maximum Gasteiger partial charge on any atom is 0.334 e. The number of amides is 3. The highest BCUT2D eigenvalue weighted by Crippen LogP contribution is 2.36. The fraction of sp³-hybridized carbons (Fsp3) is 0.278. The quantitative estimate of drug-likeness (QED) is 0.237. The molecule has 0 radical (unpaired) electrons. The molecule has 45 heavy (non-hydrogen) atoms. The van der Waals surface area contributed by atoms with Gasteiger partial charge in [0.05, 0.1) is 6.54 Å². The number of carbonyl (C=O) groups is 2. The molecule has 2 aliphatic rings.